The lowest BCUT2D eigenvalue weighted by Gasteiger charge is -2.19. The molecule has 1 atom stereocenters. The Bertz CT molecular complexity index is 480. The fourth-order valence-electron chi connectivity index (χ4n) is 1.45. The van der Waals surface area contributed by atoms with E-state index in [1.165, 1.54) is 22.9 Å². The third-order valence-electron chi connectivity index (χ3n) is 2.25. The zero-order valence-corrected chi connectivity index (χ0v) is 8.91. The summed E-state index contributed by atoms with van der Waals surface area (Å²) in [6, 6.07) is -0.823. The monoisotopic (exact) mass is 243 g/mol. The molecule has 0 saturated carbocycles. The van der Waals surface area contributed by atoms with E-state index in [-0.39, 0.29) is 5.69 Å². The van der Waals surface area contributed by atoms with Crippen LogP contribution in [0.1, 0.15) is 10.5 Å². The van der Waals surface area contributed by atoms with Crippen molar-refractivity contribution >= 4 is 23.6 Å². The van der Waals surface area contributed by atoms with Gasteiger partial charge >= 0.3 is 11.7 Å². The number of amides is 1. The summed E-state index contributed by atoms with van der Waals surface area (Å²) in [7, 11) is 0. The van der Waals surface area contributed by atoms with E-state index >= 15 is 0 Å². The molecule has 2 heterocycles. The molecular weight excluding hydrogens is 234 g/mol. The van der Waals surface area contributed by atoms with Gasteiger partial charge in [-0.3, -0.25) is 4.79 Å². The van der Waals surface area contributed by atoms with Gasteiger partial charge in [-0.05, 0) is 0 Å². The van der Waals surface area contributed by atoms with Crippen LogP contribution < -0.4 is 5.69 Å². The van der Waals surface area contributed by atoms with Gasteiger partial charge in [0, 0.05) is 11.9 Å². The fourth-order valence-corrected chi connectivity index (χ4v) is 2.59. The molecule has 1 amide bonds. The first kappa shape index (κ1) is 10.8. The summed E-state index contributed by atoms with van der Waals surface area (Å²) in [6.45, 7) is 0. The first-order chi connectivity index (χ1) is 7.59. The summed E-state index contributed by atoms with van der Waals surface area (Å²) < 4.78 is 0. The normalized spacial score (nSPS) is 20.0. The lowest BCUT2D eigenvalue weighted by molar-refractivity contribution is -0.140. The van der Waals surface area contributed by atoms with E-state index in [0.29, 0.717) is 11.6 Å². The van der Waals surface area contributed by atoms with E-state index in [2.05, 4.69) is 9.97 Å². The predicted molar refractivity (Wildman–Crippen MR) is 56.3 cm³/mol. The summed E-state index contributed by atoms with van der Waals surface area (Å²) in [6.07, 6.45) is 1.24. The molecule has 1 fully saturated rings. The van der Waals surface area contributed by atoms with Crippen molar-refractivity contribution in [2.24, 2.45) is 0 Å². The molecule has 1 aliphatic rings. The number of hydrogen-bond donors (Lipinski definition) is 3. The van der Waals surface area contributed by atoms with Crippen LogP contribution in [0.5, 0.6) is 0 Å². The van der Waals surface area contributed by atoms with Crippen LogP contribution >= 0.6 is 11.8 Å². The number of carbonyl (C=O) groups is 2. The highest BCUT2D eigenvalue weighted by atomic mass is 32.2. The maximum absolute atomic E-state index is 11.8. The molecule has 16 heavy (non-hydrogen) atoms. The largest absolute Gasteiger partial charge is 0.480 e. The number of aromatic amines is 2. The Morgan fingerprint density at radius 2 is 2.31 bits per heavy atom. The minimum Gasteiger partial charge on any atom is -0.480 e. The third-order valence-corrected chi connectivity index (χ3v) is 3.27. The Morgan fingerprint density at radius 1 is 1.56 bits per heavy atom. The zero-order valence-electron chi connectivity index (χ0n) is 8.10. The van der Waals surface area contributed by atoms with Crippen LogP contribution in [-0.2, 0) is 4.79 Å². The smallest absolute Gasteiger partial charge is 0.327 e. The molecule has 8 heteroatoms. The average molecular weight is 243 g/mol. The summed E-state index contributed by atoms with van der Waals surface area (Å²) in [4.78, 5) is 39.4. The molecule has 0 radical (unpaired) electrons. The maximum atomic E-state index is 11.8. The van der Waals surface area contributed by atoms with Crippen molar-refractivity contribution in [2.45, 2.75) is 6.04 Å². The van der Waals surface area contributed by atoms with Crippen LogP contribution in [0.4, 0.5) is 0 Å². The minimum atomic E-state index is -1.03. The van der Waals surface area contributed by atoms with Crippen molar-refractivity contribution in [1.29, 1.82) is 0 Å². The predicted octanol–water partition coefficient (Wildman–Crippen LogP) is -0.697. The third kappa shape index (κ3) is 1.83. The van der Waals surface area contributed by atoms with E-state index in [1.54, 1.807) is 0 Å². The number of nitrogens with zero attached hydrogens (tertiary/aromatic N) is 1. The second-order valence-corrected chi connectivity index (χ2v) is 4.29. The standard InChI is InChI=1S/C8H9N3O4S/c12-6(4-1-9-8(15)10-4)11-3-16-2-5(11)7(13)14/h1,5H,2-3H2,(H,13,14)(H2,9,10,15)/t5-/m0/s1. The highest BCUT2D eigenvalue weighted by molar-refractivity contribution is 7.99. The quantitative estimate of drug-likeness (QED) is 0.637. The number of imidazole rings is 1. The van der Waals surface area contributed by atoms with Crippen molar-refractivity contribution in [3.8, 4) is 0 Å². The van der Waals surface area contributed by atoms with Gasteiger partial charge in [0.15, 0.2) is 0 Å². The van der Waals surface area contributed by atoms with Crippen LogP contribution in [0.3, 0.4) is 0 Å². The summed E-state index contributed by atoms with van der Waals surface area (Å²) >= 11 is 1.37. The molecule has 0 aromatic carbocycles. The first-order valence-electron chi connectivity index (χ1n) is 4.49. The number of aliphatic carboxylic acids is 1. The number of hydrogen-bond acceptors (Lipinski definition) is 4. The molecule has 0 unspecified atom stereocenters. The van der Waals surface area contributed by atoms with Gasteiger partial charge in [0.25, 0.3) is 5.91 Å². The van der Waals surface area contributed by atoms with Crippen LogP contribution in [0.25, 0.3) is 0 Å². The lowest BCUT2D eigenvalue weighted by atomic mass is 10.3. The molecule has 7 nitrogen and oxygen atoms in total. The topological polar surface area (TPSA) is 106 Å². The van der Waals surface area contributed by atoms with Gasteiger partial charge in [0.05, 0.1) is 5.88 Å². The number of nitrogens with one attached hydrogen (secondary N) is 2. The SMILES string of the molecule is O=C(O)[C@@H]1CSCN1C(=O)c1c[nH]c(=O)[nH]1. The second kappa shape index (κ2) is 4.05. The number of rotatable bonds is 2. The Kier molecular flexibility index (Phi) is 2.73. The van der Waals surface area contributed by atoms with E-state index in [1.807, 2.05) is 0 Å². The van der Waals surface area contributed by atoms with Gasteiger partial charge in [-0.15, -0.1) is 11.8 Å². The number of H-pyrrole nitrogens is 2. The maximum Gasteiger partial charge on any atom is 0.327 e. The minimum absolute atomic E-state index is 0.0822. The molecule has 2 rings (SSSR count). The second-order valence-electron chi connectivity index (χ2n) is 3.29. The van der Waals surface area contributed by atoms with E-state index in [0.717, 1.165) is 0 Å². The van der Waals surface area contributed by atoms with Gasteiger partial charge in [0.2, 0.25) is 0 Å². The molecule has 1 aromatic rings. The number of carbonyl (C=O) groups excluding carboxylic acids is 1. The lowest BCUT2D eigenvalue weighted by Crippen LogP contribution is -2.42. The molecular formula is C8H9N3O4S. The fraction of sp³-hybridized carbons (Fsp3) is 0.375. The van der Waals surface area contributed by atoms with Crippen molar-refractivity contribution in [3.05, 3.63) is 22.4 Å². The molecule has 0 spiro atoms. The zero-order chi connectivity index (χ0) is 11.7. The molecule has 3 N–H and O–H groups in total. The molecule has 0 aliphatic carbocycles. The van der Waals surface area contributed by atoms with Crippen molar-refractivity contribution < 1.29 is 14.7 Å². The van der Waals surface area contributed by atoms with Crippen LogP contribution in [0.2, 0.25) is 0 Å². The first-order valence-corrected chi connectivity index (χ1v) is 5.64. The average Bonchev–Trinajstić information content (AvgIpc) is 2.84. The molecule has 0 bridgehead atoms. The Labute approximate surface area is 93.8 Å². The van der Waals surface area contributed by atoms with Gasteiger partial charge in [-0.1, -0.05) is 0 Å². The van der Waals surface area contributed by atoms with Crippen molar-refractivity contribution in [3.63, 3.8) is 0 Å². The number of carboxylic acids is 1. The Balaban J connectivity index is 2.21. The van der Waals surface area contributed by atoms with E-state index in [9.17, 15) is 14.4 Å². The number of carboxylic acid groups (broad SMARTS) is 1. The van der Waals surface area contributed by atoms with Gasteiger partial charge < -0.3 is 20.0 Å². The molecule has 1 aliphatic heterocycles. The molecule has 1 saturated heterocycles. The van der Waals surface area contributed by atoms with Crippen LogP contribution in [0.15, 0.2) is 11.0 Å². The highest BCUT2D eigenvalue weighted by Gasteiger charge is 2.35. The molecule has 86 valence electrons. The highest BCUT2D eigenvalue weighted by Crippen LogP contribution is 2.22. The van der Waals surface area contributed by atoms with Crippen LogP contribution in [0, 0.1) is 0 Å². The summed E-state index contributed by atoms with van der Waals surface area (Å²) in [5.41, 5.74) is -0.402. The Morgan fingerprint density at radius 3 is 2.88 bits per heavy atom. The van der Waals surface area contributed by atoms with Crippen molar-refractivity contribution in [2.75, 3.05) is 11.6 Å². The van der Waals surface area contributed by atoms with Crippen molar-refractivity contribution in [1.82, 2.24) is 14.9 Å². The van der Waals surface area contributed by atoms with Gasteiger partial charge in [-0.2, -0.15) is 0 Å². The Hall–Kier alpha value is -1.70. The number of thioether (sulfide) groups is 1. The van der Waals surface area contributed by atoms with Gasteiger partial charge in [-0.25, -0.2) is 9.59 Å². The summed E-state index contributed by atoms with van der Waals surface area (Å²) in [5.74, 6) is -0.814. The van der Waals surface area contributed by atoms with Crippen LogP contribution in [-0.4, -0.2) is 49.5 Å². The number of aromatic nitrogens is 2. The van der Waals surface area contributed by atoms with E-state index < -0.39 is 23.6 Å². The summed E-state index contributed by atoms with van der Waals surface area (Å²) in [5, 5.41) is 8.90. The van der Waals surface area contributed by atoms with Gasteiger partial charge in [0.1, 0.15) is 11.7 Å². The van der Waals surface area contributed by atoms with E-state index in [4.69, 9.17) is 5.11 Å². The molecule has 1 aromatic heterocycles.